The van der Waals surface area contributed by atoms with E-state index in [-0.39, 0.29) is 0 Å². The molecule has 1 aromatic heterocycles. The zero-order valence-electron chi connectivity index (χ0n) is 12.2. The molecule has 2 unspecified atom stereocenters. The van der Waals surface area contributed by atoms with Gasteiger partial charge in [0.1, 0.15) is 0 Å². The van der Waals surface area contributed by atoms with Gasteiger partial charge in [-0.2, -0.15) is 0 Å². The molecule has 2 atom stereocenters. The number of methoxy groups -OCH3 is 1. The van der Waals surface area contributed by atoms with Gasteiger partial charge in [-0.15, -0.1) is 11.3 Å². The Morgan fingerprint density at radius 3 is 2.68 bits per heavy atom. The van der Waals surface area contributed by atoms with Crippen molar-refractivity contribution in [1.29, 1.82) is 0 Å². The topological polar surface area (TPSA) is 21.3 Å². The van der Waals surface area contributed by atoms with Crippen molar-refractivity contribution in [3.05, 3.63) is 34.7 Å². The standard InChI is InChI=1S/C16H23NOS/c1-5-13(10-18-4)17-12(3)16-11(2)14-8-6-7-9-15(14)19-16/h6-9,12-13,17H,5,10H2,1-4H3. The summed E-state index contributed by atoms with van der Waals surface area (Å²) in [6, 6.07) is 9.44. The Kier molecular flexibility index (Phi) is 4.97. The Morgan fingerprint density at radius 1 is 1.32 bits per heavy atom. The minimum atomic E-state index is 0.373. The SMILES string of the molecule is CCC(COC)NC(C)c1sc2ccccc2c1C. The molecule has 0 aliphatic carbocycles. The Bertz CT molecular complexity index is 535. The van der Waals surface area contributed by atoms with Gasteiger partial charge in [0.2, 0.25) is 0 Å². The van der Waals surface area contributed by atoms with Gasteiger partial charge in [0, 0.05) is 28.8 Å². The maximum Gasteiger partial charge on any atom is 0.0615 e. The average Bonchev–Trinajstić information content (AvgIpc) is 2.76. The van der Waals surface area contributed by atoms with E-state index in [9.17, 15) is 0 Å². The predicted octanol–water partition coefficient (Wildman–Crippen LogP) is 4.29. The fourth-order valence-corrected chi connectivity index (χ4v) is 3.74. The van der Waals surface area contributed by atoms with E-state index in [2.05, 4.69) is 50.4 Å². The largest absolute Gasteiger partial charge is 0.383 e. The number of rotatable bonds is 6. The lowest BCUT2D eigenvalue weighted by molar-refractivity contribution is 0.159. The first-order valence-corrected chi connectivity index (χ1v) is 7.72. The maximum absolute atomic E-state index is 5.26. The number of aryl methyl sites for hydroxylation is 1. The summed E-state index contributed by atoms with van der Waals surface area (Å²) >= 11 is 1.90. The lowest BCUT2D eigenvalue weighted by atomic mass is 10.1. The van der Waals surface area contributed by atoms with Crippen molar-refractivity contribution in [3.63, 3.8) is 0 Å². The maximum atomic E-state index is 5.26. The molecule has 1 heterocycles. The fraction of sp³-hybridized carbons (Fsp3) is 0.500. The molecule has 0 fully saturated rings. The van der Waals surface area contributed by atoms with Crippen LogP contribution in [0.25, 0.3) is 10.1 Å². The second-order valence-corrected chi connectivity index (χ2v) is 6.12. The van der Waals surface area contributed by atoms with Crippen LogP contribution in [0.1, 0.15) is 36.8 Å². The molecule has 0 saturated heterocycles. The molecular weight excluding hydrogens is 254 g/mol. The first kappa shape index (κ1) is 14.5. The van der Waals surface area contributed by atoms with E-state index in [1.165, 1.54) is 20.5 Å². The summed E-state index contributed by atoms with van der Waals surface area (Å²) in [5, 5.41) is 5.06. The molecule has 1 aromatic carbocycles. The Balaban J connectivity index is 2.21. The van der Waals surface area contributed by atoms with E-state index in [1.54, 1.807) is 7.11 Å². The molecular formula is C16H23NOS. The summed E-state index contributed by atoms with van der Waals surface area (Å²) in [6.07, 6.45) is 1.09. The second kappa shape index (κ2) is 6.51. The van der Waals surface area contributed by atoms with Crippen LogP contribution in [0.4, 0.5) is 0 Å². The number of hydrogen-bond acceptors (Lipinski definition) is 3. The molecule has 0 spiro atoms. The lowest BCUT2D eigenvalue weighted by Crippen LogP contribution is -2.34. The van der Waals surface area contributed by atoms with Crippen LogP contribution in [-0.4, -0.2) is 19.8 Å². The van der Waals surface area contributed by atoms with Crippen molar-refractivity contribution in [1.82, 2.24) is 5.32 Å². The number of thiophene rings is 1. The van der Waals surface area contributed by atoms with Crippen LogP contribution in [-0.2, 0) is 4.74 Å². The summed E-state index contributed by atoms with van der Waals surface area (Å²) in [5.41, 5.74) is 1.41. The molecule has 0 radical (unpaired) electrons. The normalized spacial score (nSPS) is 14.7. The highest BCUT2D eigenvalue weighted by molar-refractivity contribution is 7.19. The monoisotopic (exact) mass is 277 g/mol. The van der Waals surface area contributed by atoms with Crippen LogP contribution < -0.4 is 5.32 Å². The van der Waals surface area contributed by atoms with E-state index in [1.807, 2.05) is 11.3 Å². The van der Waals surface area contributed by atoms with Gasteiger partial charge >= 0.3 is 0 Å². The van der Waals surface area contributed by atoms with E-state index >= 15 is 0 Å². The molecule has 0 aliphatic rings. The molecule has 2 nitrogen and oxygen atoms in total. The van der Waals surface area contributed by atoms with E-state index in [4.69, 9.17) is 4.74 Å². The quantitative estimate of drug-likeness (QED) is 0.850. The molecule has 0 bridgehead atoms. The summed E-state index contributed by atoms with van der Waals surface area (Å²) in [4.78, 5) is 1.44. The summed E-state index contributed by atoms with van der Waals surface area (Å²) < 4.78 is 6.64. The Labute approximate surface area is 119 Å². The predicted molar refractivity (Wildman–Crippen MR) is 84.1 cm³/mol. The minimum Gasteiger partial charge on any atom is -0.383 e. The van der Waals surface area contributed by atoms with Gasteiger partial charge in [0.05, 0.1) is 6.61 Å². The summed E-state index contributed by atoms with van der Waals surface area (Å²) in [7, 11) is 1.76. The molecule has 3 heteroatoms. The first-order chi connectivity index (χ1) is 9.17. The zero-order chi connectivity index (χ0) is 13.8. The van der Waals surface area contributed by atoms with Gasteiger partial charge in [0.15, 0.2) is 0 Å². The highest BCUT2D eigenvalue weighted by Gasteiger charge is 2.17. The molecule has 2 rings (SSSR count). The van der Waals surface area contributed by atoms with Crippen molar-refractivity contribution in [2.75, 3.05) is 13.7 Å². The van der Waals surface area contributed by atoms with Crippen molar-refractivity contribution in [2.24, 2.45) is 0 Å². The van der Waals surface area contributed by atoms with Crippen LogP contribution >= 0.6 is 11.3 Å². The highest BCUT2D eigenvalue weighted by Crippen LogP contribution is 2.34. The van der Waals surface area contributed by atoms with Gasteiger partial charge in [-0.1, -0.05) is 25.1 Å². The van der Waals surface area contributed by atoms with Gasteiger partial charge in [-0.25, -0.2) is 0 Å². The zero-order valence-corrected chi connectivity index (χ0v) is 13.0. The molecule has 1 N–H and O–H groups in total. The molecule has 0 amide bonds. The number of benzene rings is 1. The fourth-order valence-electron chi connectivity index (χ4n) is 2.52. The number of nitrogens with one attached hydrogen (secondary N) is 1. The van der Waals surface area contributed by atoms with Crippen LogP contribution in [0.2, 0.25) is 0 Å². The first-order valence-electron chi connectivity index (χ1n) is 6.90. The molecule has 0 saturated carbocycles. The summed E-state index contributed by atoms with van der Waals surface area (Å²) in [6.45, 7) is 7.44. The minimum absolute atomic E-state index is 0.373. The van der Waals surface area contributed by atoms with Gasteiger partial charge < -0.3 is 10.1 Å². The molecule has 104 valence electrons. The Hall–Kier alpha value is -0.900. The van der Waals surface area contributed by atoms with E-state index in [0.29, 0.717) is 12.1 Å². The highest BCUT2D eigenvalue weighted by atomic mass is 32.1. The third-order valence-corrected chi connectivity index (χ3v) is 5.08. The van der Waals surface area contributed by atoms with E-state index < -0.39 is 0 Å². The van der Waals surface area contributed by atoms with Crippen LogP contribution in [0, 0.1) is 6.92 Å². The van der Waals surface area contributed by atoms with Crippen molar-refractivity contribution in [2.45, 2.75) is 39.3 Å². The van der Waals surface area contributed by atoms with Crippen molar-refractivity contribution in [3.8, 4) is 0 Å². The van der Waals surface area contributed by atoms with Crippen LogP contribution in [0.5, 0.6) is 0 Å². The third kappa shape index (κ3) is 3.16. The van der Waals surface area contributed by atoms with Crippen LogP contribution in [0.3, 0.4) is 0 Å². The van der Waals surface area contributed by atoms with E-state index in [0.717, 1.165) is 13.0 Å². The molecule has 2 aromatic rings. The van der Waals surface area contributed by atoms with Gasteiger partial charge in [0.25, 0.3) is 0 Å². The summed E-state index contributed by atoms with van der Waals surface area (Å²) in [5.74, 6) is 0. The third-order valence-electron chi connectivity index (χ3n) is 3.62. The number of fused-ring (bicyclic) bond motifs is 1. The Morgan fingerprint density at radius 2 is 2.05 bits per heavy atom. The van der Waals surface area contributed by atoms with Gasteiger partial charge in [-0.05, 0) is 37.3 Å². The van der Waals surface area contributed by atoms with Crippen molar-refractivity contribution < 1.29 is 4.74 Å². The van der Waals surface area contributed by atoms with Gasteiger partial charge in [-0.3, -0.25) is 0 Å². The molecule has 0 aliphatic heterocycles. The smallest absolute Gasteiger partial charge is 0.0615 e. The lowest BCUT2D eigenvalue weighted by Gasteiger charge is -2.21. The van der Waals surface area contributed by atoms with Crippen molar-refractivity contribution >= 4 is 21.4 Å². The average molecular weight is 277 g/mol. The van der Waals surface area contributed by atoms with Crippen LogP contribution in [0.15, 0.2) is 24.3 Å². The number of hydrogen-bond donors (Lipinski definition) is 1. The number of ether oxygens (including phenoxy) is 1. The second-order valence-electron chi connectivity index (χ2n) is 5.04. The molecule has 19 heavy (non-hydrogen) atoms.